The van der Waals surface area contributed by atoms with Crippen LogP contribution in [0.2, 0.25) is 0 Å². The normalized spacial score (nSPS) is 15.6. The van der Waals surface area contributed by atoms with Crippen molar-refractivity contribution >= 4 is 40.7 Å². The van der Waals surface area contributed by atoms with Crippen molar-refractivity contribution in [3.8, 4) is 5.75 Å². The lowest BCUT2D eigenvalue weighted by Crippen LogP contribution is -2.49. The average molecular weight is 455 g/mol. The van der Waals surface area contributed by atoms with Crippen molar-refractivity contribution in [3.05, 3.63) is 60.2 Å². The quantitative estimate of drug-likeness (QED) is 0.566. The molecule has 8 nitrogen and oxygen atoms in total. The molecular formula is C23H26N4O4S. The summed E-state index contributed by atoms with van der Waals surface area (Å²) in [4.78, 5) is 39.5. The molecule has 168 valence electrons. The maximum absolute atomic E-state index is 12.9. The number of anilines is 1. The number of hydrazine groups is 1. The smallest absolute Gasteiger partial charge is 0.269 e. The van der Waals surface area contributed by atoms with Crippen molar-refractivity contribution in [3.63, 3.8) is 0 Å². The zero-order valence-corrected chi connectivity index (χ0v) is 18.9. The fourth-order valence-corrected chi connectivity index (χ4v) is 3.64. The summed E-state index contributed by atoms with van der Waals surface area (Å²) in [6.07, 6.45) is 0.737. The predicted molar refractivity (Wildman–Crippen MR) is 125 cm³/mol. The van der Waals surface area contributed by atoms with E-state index < -0.39 is 11.9 Å². The first kappa shape index (κ1) is 23.2. The Bertz CT molecular complexity index is 981. The Hall–Kier alpha value is -3.46. The molecule has 3 amide bonds. The van der Waals surface area contributed by atoms with Gasteiger partial charge in [0.2, 0.25) is 5.91 Å². The summed E-state index contributed by atoms with van der Waals surface area (Å²) in [7, 11) is 0. The summed E-state index contributed by atoms with van der Waals surface area (Å²) in [6.45, 7) is 4.77. The molecule has 1 aliphatic rings. The fraction of sp³-hybridized carbons (Fsp3) is 0.304. The first-order valence-electron chi connectivity index (χ1n) is 10.5. The molecule has 9 heteroatoms. The van der Waals surface area contributed by atoms with Crippen LogP contribution in [0.1, 0.15) is 37.0 Å². The minimum Gasteiger partial charge on any atom is -0.494 e. The van der Waals surface area contributed by atoms with Gasteiger partial charge in [-0.25, -0.2) is 5.01 Å². The van der Waals surface area contributed by atoms with E-state index in [0.717, 1.165) is 12.2 Å². The molecule has 2 aromatic carbocycles. The first-order chi connectivity index (χ1) is 15.4. The van der Waals surface area contributed by atoms with E-state index in [1.54, 1.807) is 61.5 Å². The van der Waals surface area contributed by atoms with Crippen molar-refractivity contribution in [2.75, 3.05) is 18.5 Å². The first-order valence-corrected chi connectivity index (χ1v) is 10.9. The van der Waals surface area contributed by atoms with Gasteiger partial charge in [0.05, 0.1) is 13.0 Å². The van der Waals surface area contributed by atoms with Gasteiger partial charge >= 0.3 is 0 Å². The zero-order chi connectivity index (χ0) is 23.1. The number of nitrogens with one attached hydrogen (secondary N) is 2. The van der Waals surface area contributed by atoms with Gasteiger partial charge in [-0.2, -0.15) is 0 Å². The maximum atomic E-state index is 12.9. The van der Waals surface area contributed by atoms with Crippen molar-refractivity contribution in [2.45, 2.75) is 32.7 Å². The molecule has 1 heterocycles. The van der Waals surface area contributed by atoms with Crippen molar-refractivity contribution in [2.24, 2.45) is 0 Å². The number of likely N-dealkylation sites (N-methyl/N-ethyl adjacent to an activating group) is 1. The Morgan fingerprint density at radius 2 is 1.75 bits per heavy atom. The molecule has 0 saturated carbocycles. The molecule has 3 rings (SSSR count). The van der Waals surface area contributed by atoms with Gasteiger partial charge in [0, 0.05) is 17.8 Å². The third-order valence-corrected chi connectivity index (χ3v) is 5.28. The number of hydrogen-bond acceptors (Lipinski definition) is 5. The summed E-state index contributed by atoms with van der Waals surface area (Å²) in [6, 6.07) is 14.7. The van der Waals surface area contributed by atoms with E-state index in [-0.39, 0.29) is 23.3 Å². The molecular weight excluding hydrogens is 428 g/mol. The van der Waals surface area contributed by atoms with Gasteiger partial charge in [0.1, 0.15) is 11.8 Å². The fourth-order valence-electron chi connectivity index (χ4n) is 3.25. The SMILES string of the molecule is CCCOc1ccc(NC(=O)C[C@@H]2C(=O)N(CC)C(=S)N2NC(=O)c2ccccc2)cc1. The molecule has 0 aromatic heterocycles. The molecule has 1 fully saturated rings. The molecule has 1 aliphatic heterocycles. The van der Waals surface area contributed by atoms with Crippen LogP contribution >= 0.6 is 12.2 Å². The highest BCUT2D eigenvalue weighted by atomic mass is 32.1. The highest BCUT2D eigenvalue weighted by molar-refractivity contribution is 7.80. The van der Waals surface area contributed by atoms with Crippen molar-refractivity contribution in [1.29, 1.82) is 0 Å². The minimum absolute atomic E-state index is 0.164. The van der Waals surface area contributed by atoms with E-state index in [1.807, 2.05) is 6.92 Å². The number of rotatable bonds is 9. The zero-order valence-electron chi connectivity index (χ0n) is 18.0. The van der Waals surface area contributed by atoms with Crippen LogP contribution in [0.25, 0.3) is 0 Å². The Balaban J connectivity index is 1.68. The molecule has 1 saturated heterocycles. The molecule has 0 bridgehead atoms. The molecule has 1 atom stereocenters. The van der Waals surface area contributed by atoms with Gasteiger partial charge in [0.15, 0.2) is 5.11 Å². The lowest BCUT2D eigenvalue weighted by atomic mass is 10.1. The Morgan fingerprint density at radius 3 is 2.38 bits per heavy atom. The van der Waals surface area contributed by atoms with Gasteiger partial charge in [0.25, 0.3) is 11.8 Å². The topological polar surface area (TPSA) is 91.0 Å². The lowest BCUT2D eigenvalue weighted by Gasteiger charge is -2.24. The molecule has 0 spiro atoms. The number of ether oxygens (including phenoxy) is 1. The Labute approximate surface area is 192 Å². The van der Waals surface area contributed by atoms with Gasteiger partial charge in [-0.1, -0.05) is 25.1 Å². The van der Waals surface area contributed by atoms with Crippen LogP contribution in [0, 0.1) is 0 Å². The number of benzene rings is 2. The standard InChI is InChI=1S/C23H26N4O4S/c1-3-14-31-18-12-10-17(11-13-18)24-20(28)15-19-22(30)26(4-2)23(32)27(19)25-21(29)16-8-6-5-7-9-16/h5-13,19H,3-4,14-15H2,1-2H3,(H,24,28)(H,25,29)/t19-/m1/s1. The second-order valence-electron chi connectivity index (χ2n) is 7.18. The summed E-state index contributed by atoms with van der Waals surface area (Å²) in [5.41, 5.74) is 3.69. The summed E-state index contributed by atoms with van der Waals surface area (Å²) in [5, 5.41) is 4.25. The van der Waals surface area contributed by atoms with E-state index in [0.29, 0.717) is 24.4 Å². The summed E-state index contributed by atoms with van der Waals surface area (Å²) >= 11 is 5.39. The van der Waals surface area contributed by atoms with E-state index in [9.17, 15) is 14.4 Å². The van der Waals surface area contributed by atoms with Gasteiger partial charge in [-0.15, -0.1) is 0 Å². The minimum atomic E-state index is -0.928. The van der Waals surface area contributed by atoms with Gasteiger partial charge in [-0.3, -0.25) is 24.7 Å². The Kier molecular flexibility index (Phi) is 7.77. The molecule has 0 radical (unpaired) electrons. The largest absolute Gasteiger partial charge is 0.494 e. The predicted octanol–water partition coefficient (Wildman–Crippen LogP) is 2.97. The number of carbonyl (C=O) groups is 3. The van der Waals surface area contributed by atoms with Gasteiger partial charge in [-0.05, 0) is 62.0 Å². The van der Waals surface area contributed by atoms with E-state index in [1.165, 1.54) is 9.91 Å². The van der Waals surface area contributed by atoms with Crippen LogP contribution < -0.4 is 15.5 Å². The number of carbonyl (C=O) groups excluding carboxylic acids is 3. The Morgan fingerprint density at radius 1 is 1.06 bits per heavy atom. The van der Waals surface area contributed by atoms with Gasteiger partial charge < -0.3 is 10.1 Å². The highest BCUT2D eigenvalue weighted by Gasteiger charge is 2.43. The molecule has 0 aliphatic carbocycles. The van der Waals surface area contributed by atoms with Crippen molar-refractivity contribution in [1.82, 2.24) is 15.3 Å². The lowest BCUT2D eigenvalue weighted by molar-refractivity contribution is -0.130. The maximum Gasteiger partial charge on any atom is 0.269 e. The van der Waals surface area contributed by atoms with E-state index in [4.69, 9.17) is 17.0 Å². The third-order valence-electron chi connectivity index (χ3n) is 4.86. The molecule has 0 unspecified atom stereocenters. The third kappa shape index (κ3) is 5.42. The van der Waals surface area contributed by atoms with Crippen LogP contribution in [0.5, 0.6) is 5.75 Å². The van der Waals surface area contributed by atoms with E-state index in [2.05, 4.69) is 10.7 Å². The molecule has 2 N–H and O–H groups in total. The van der Waals surface area contributed by atoms with Crippen LogP contribution in [-0.4, -0.2) is 51.9 Å². The number of thiocarbonyl (C=S) groups is 1. The second-order valence-corrected chi connectivity index (χ2v) is 7.55. The van der Waals surface area contributed by atoms with Crippen LogP contribution in [0.4, 0.5) is 5.69 Å². The van der Waals surface area contributed by atoms with Crippen LogP contribution in [-0.2, 0) is 9.59 Å². The molecule has 2 aromatic rings. The number of hydrogen-bond donors (Lipinski definition) is 2. The summed E-state index contributed by atoms with van der Waals surface area (Å²) < 4.78 is 5.54. The van der Waals surface area contributed by atoms with Crippen LogP contribution in [0.15, 0.2) is 54.6 Å². The summed E-state index contributed by atoms with van der Waals surface area (Å²) in [5.74, 6) is -0.393. The van der Waals surface area contributed by atoms with Crippen LogP contribution in [0.3, 0.4) is 0 Å². The molecule has 32 heavy (non-hydrogen) atoms. The van der Waals surface area contributed by atoms with E-state index >= 15 is 0 Å². The van der Waals surface area contributed by atoms with Crippen molar-refractivity contribution < 1.29 is 19.1 Å². The highest BCUT2D eigenvalue weighted by Crippen LogP contribution is 2.21. The monoisotopic (exact) mass is 454 g/mol. The average Bonchev–Trinajstić information content (AvgIpc) is 3.02. The second kappa shape index (κ2) is 10.7. The number of nitrogens with zero attached hydrogens (tertiary/aromatic N) is 2. The number of amides is 3.